The highest BCUT2D eigenvalue weighted by molar-refractivity contribution is 5.97. The van der Waals surface area contributed by atoms with Gasteiger partial charge in [0.05, 0.1) is 0 Å². The average molecular weight is 243 g/mol. The fraction of sp³-hybridized carbons (Fsp3) is 0.0769. The highest BCUT2D eigenvalue weighted by Crippen LogP contribution is 2.04. The van der Waals surface area contributed by atoms with E-state index in [4.69, 9.17) is 5.73 Å². The molecule has 0 spiro atoms. The minimum atomic E-state index is -0.505. The first-order valence-corrected chi connectivity index (χ1v) is 5.46. The maximum absolute atomic E-state index is 11.8. The minimum Gasteiger partial charge on any atom is -0.367 e. The number of benzene rings is 1. The van der Waals surface area contributed by atoms with E-state index in [0.29, 0.717) is 17.7 Å². The van der Waals surface area contributed by atoms with E-state index in [9.17, 15) is 9.59 Å². The third-order valence-electron chi connectivity index (χ3n) is 2.55. The van der Waals surface area contributed by atoms with E-state index >= 15 is 0 Å². The molecule has 5 nitrogen and oxygen atoms in total. The molecule has 5 heteroatoms. The van der Waals surface area contributed by atoms with Gasteiger partial charge in [-0.15, -0.1) is 0 Å². The van der Waals surface area contributed by atoms with Crippen LogP contribution in [-0.2, 0) is 6.54 Å². The molecule has 1 heterocycles. The summed E-state index contributed by atoms with van der Waals surface area (Å²) in [7, 11) is 0. The van der Waals surface area contributed by atoms with Crippen molar-refractivity contribution in [2.45, 2.75) is 6.54 Å². The molecular weight excluding hydrogens is 230 g/mol. The molecule has 0 unspecified atom stereocenters. The van der Waals surface area contributed by atoms with Gasteiger partial charge in [-0.25, -0.2) is 0 Å². The third-order valence-corrected chi connectivity index (χ3v) is 2.55. The van der Waals surface area contributed by atoms with E-state index in [0.717, 1.165) is 5.56 Å². The number of nitrogens with two attached hydrogens (primary N) is 1. The summed E-state index contributed by atoms with van der Waals surface area (Å²) >= 11 is 0. The number of nitrogens with one attached hydrogen (secondary N) is 2. The summed E-state index contributed by atoms with van der Waals surface area (Å²) < 4.78 is 0. The second kappa shape index (κ2) is 5.18. The maximum atomic E-state index is 11.8. The fourth-order valence-electron chi connectivity index (χ4n) is 1.54. The molecule has 0 bridgehead atoms. The quantitative estimate of drug-likeness (QED) is 0.749. The Bertz CT molecular complexity index is 544. The van der Waals surface area contributed by atoms with Crippen molar-refractivity contribution in [2.75, 3.05) is 0 Å². The van der Waals surface area contributed by atoms with E-state index in [1.807, 2.05) is 12.3 Å². The molecule has 1 aromatic heterocycles. The summed E-state index contributed by atoms with van der Waals surface area (Å²) in [5, 5.41) is 2.77. The Hall–Kier alpha value is -2.56. The Labute approximate surface area is 104 Å². The van der Waals surface area contributed by atoms with Gasteiger partial charge < -0.3 is 16.0 Å². The van der Waals surface area contributed by atoms with Gasteiger partial charge in [0.2, 0.25) is 5.91 Å². The van der Waals surface area contributed by atoms with Gasteiger partial charge in [-0.3, -0.25) is 9.59 Å². The average Bonchev–Trinajstić information content (AvgIpc) is 2.89. The summed E-state index contributed by atoms with van der Waals surface area (Å²) in [6.07, 6.45) is 3.61. The molecule has 1 aromatic carbocycles. The summed E-state index contributed by atoms with van der Waals surface area (Å²) in [6.45, 7) is 0.458. The van der Waals surface area contributed by atoms with Crippen LogP contribution in [-0.4, -0.2) is 16.8 Å². The van der Waals surface area contributed by atoms with Crippen molar-refractivity contribution in [3.63, 3.8) is 0 Å². The van der Waals surface area contributed by atoms with Crippen molar-refractivity contribution >= 4 is 11.8 Å². The van der Waals surface area contributed by atoms with Crippen molar-refractivity contribution in [3.8, 4) is 0 Å². The van der Waals surface area contributed by atoms with Gasteiger partial charge in [0.15, 0.2) is 0 Å². The fourth-order valence-corrected chi connectivity index (χ4v) is 1.54. The number of hydrogen-bond acceptors (Lipinski definition) is 2. The molecule has 92 valence electrons. The number of carbonyl (C=O) groups is 2. The Balaban J connectivity index is 1.98. The SMILES string of the molecule is NC(=O)c1ccc(C(=O)NCc2cc[nH]c2)cc1. The molecule has 0 radical (unpaired) electrons. The maximum Gasteiger partial charge on any atom is 0.251 e. The molecule has 0 saturated heterocycles. The molecule has 0 atom stereocenters. The zero-order chi connectivity index (χ0) is 13.0. The lowest BCUT2D eigenvalue weighted by Crippen LogP contribution is -2.22. The van der Waals surface area contributed by atoms with Crippen molar-refractivity contribution in [2.24, 2.45) is 5.73 Å². The Morgan fingerprint density at radius 1 is 1.11 bits per heavy atom. The van der Waals surface area contributed by atoms with Gasteiger partial charge in [-0.05, 0) is 35.9 Å². The monoisotopic (exact) mass is 243 g/mol. The largest absolute Gasteiger partial charge is 0.367 e. The number of primary amides is 1. The molecular formula is C13H13N3O2. The van der Waals surface area contributed by atoms with Gasteiger partial charge in [0.1, 0.15) is 0 Å². The predicted octanol–water partition coefficient (Wildman–Crippen LogP) is 1.04. The van der Waals surface area contributed by atoms with E-state index in [2.05, 4.69) is 10.3 Å². The lowest BCUT2D eigenvalue weighted by atomic mass is 10.1. The molecule has 0 fully saturated rings. The Morgan fingerprint density at radius 2 is 1.78 bits per heavy atom. The second-order valence-electron chi connectivity index (χ2n) is 3.84. The molecule has 18 heavy (non-hydrogen) atoms. The van der Waals surface area contributed by atoms with Crippen LogP contribution >= 0.6 is 0 Å². The topological polar surface area (TPSA) is 88.0 Å². The van der Waals surface area contributed by atoms with Crippen LogP contribution in [0.15, 0.2) is 42.7 Å². The number of amides is 2. The van der Waals surface area contributed by atoms with Crippen LogP contribution in [0, 0.1) is 0 Å². The highest BCUT2D eigenvalue weighted by Gasteiger charge is 2.06. The molecule has 0 aliphatic carbocycles. The Morgan fingerprint density at radius 3 is 2.33 bits per heavy atom. The van der Waals surface area contributed by atoms with Crippen LogP contribution in [0.5, 0.6) is 0 Å². The molecule has 2 rings (SSSR count). The molecule has 0 aliphatic heterocycles. The van der Waals surface area contributed by atoms with Crippen molar-refractivity contribution in [1.29, 1.82) is 0 Å². The number of hydrogen-bond donors (Lipinski definition) is 3. The highest BCUT2D eigenvalue weighted by atomic mass is 16.2. The van der Waals surface area contributed by atoms with Crippen LogP contribution in [0.25, 0.3) is 0 Å². The molecule has 2 aromatic rings. The number of carbonyl (C=O) groups excluding carboxylic acids is 2. The zero-order valence-corrected chi connectivity index (χ0v) is 9.64. The van der Waals surface area contributed by atoms with Crippen LogP contribution in [0.1, 0.15) is 26.3 Å². The zero-order valence-electron chi connectivity index (χ0n) is 9.64. The number of H-pyrrole nitrogens is 1. The first-order valence-electron chi connectivity index (χ1n) is 5.46. The molecule has 0 aliphatic rings. The van der Waals surface area contributed by atoms with Gasteiger partial charge in [0.25, 0.3) is 5.91 Å². The minimum absolute atomic E-state index is 0.188. The normalized spacial score (nSPS) is 10.0. The van der Waals surface area contributed by atoms with Crippen molar-refractivity contribution in [3.05, 3.63) is 59.4 Å². The third kappa shape index (κ3) is 2.76. The van der Waals surface area contributed by atoms with E-state index in [1.54, 1.807) is 18.3 Å². The van der Waals surface area contributed by atoms with Gasteiger partial charge in [-0.1, -0.05) is 0 Å². The van der Waals surface area contributed by atoms with Crippen LogP contribution in [0.2, 0.25) is 0 Å². The predicted molar refractivity (Wildman–Crippen MR) is 66.9 cm³/mol. The smallest absolute Gasteiger partial charge is 0.251 e. The lowest BCUT2D eigenvalue weighted by Gasteiger charge is -2.04. The van der Waals surface area contributed by atoms with E-state index in [-0.39, 0.29) is 5.91 Å². The van der Waals surface area contributed by atoms with Crippen LogP contribution in [0.3, 0.4) is 0 Å². The number of rotatable bonds is 4. The second-order valence-corrected chi connectivity index (χ2v) is 3.84. The standard InChI is InChI=1S/C13H13N3O2/c14-12(17)10-1-3-11(4-2-10)13(18)16-8-9-5-6-15-7-9/h1-7,15H,8H2,(H2,14,17)(H,16,18). The Kier molecular flexibility index (Phi) is 3.43. The molecule has 4 N–H and O–H groups in total. The van der Waals surface area contributed by atoms with Crippen LogP contribution < -0.4 is 11.1 Å². The summed E-state index contributed by atoms with van der Waals surface area (Å²) in [5.41, 5.74) is 7.00. The number of aromatic amines is 1. The first-order chi connectivity index (χ1) is 8.66. The van der Waals surface area contributed by atoms with E-state index < -0.39 is 5.91 Å². The van der Waals surface area contributed by atoms with Gasteiger partial charge in [-0.2, -0.15) is 0 Å². The number of aromatic nitrogens is 1. The van der Waals surface area contributed by atoms with Crippen molar-refractivity contribution in [1.82, 2.24) is 10.3 Å². The summed E-state index contributed by atoms with van der Waals surface area (Å²) in [5.74, 6) is -0.693. The first kappa shape index (κ1) is 11.9. The van der Waals surface area contributed by atoms with Gasteiger partial charge >= 0.3 is 0 Å². The molecule has 2 amide bonds. The molecule has 0 saturated carbocycles. The van der Waals surface area contributed by atoms with E-state index in [1.165, 1.54) is 12.1 Å². The van der Waals surface area contributed by atoms with Crippen LogP contribution in [0.4, 0.5) is 0 Å². The lowest BCUT2D eigenvalue weighted by molar-refractivity contribution is 0.0948. The van der Waals surface area contributed by atoms with Crippen molar-refractivity contribution < 1.29 is 9.59 Å². The summed E-state index contributed by atoms with van der Waals surface area (Å²) in [6, 6.07) is 8.11. The van der Waals surface area contributed by atoms with Gasteiger partial charge in [0, 0.05) is 30.1 Å². The summed E-state index contributed by atoms with van der Waals surface area (Å²) in [4.78, 5) is 25.6.